The zero-order valence-corrected chi connectivity index (χ0v) is 8.70. The highest BCUT2D eigenvalue weighted by atomic mass is 79.9. The Morgan fingerprint density at radius 2 is 1.82 bits per heavy atom. The average molecular weight is 217 g/mol. The van der Waals surface area contributed by atoms with Crippen LogP contribution >= 0.6 is 15.9 Å². The van der Waals surface area contributed by atoms with Gasteiger partial charge in [0.15, 0.2) is 0 Å². The second-order valence-corrected chi connectivity index (χ2v) is 5.05. The lowest BCUT2D eigenvalue weighted by Crippen LogP contribution is -2.07. The molecular formula is C10H17Br. The van der Waals surface area contributed by atoms with Gasteiger partial charge in [0.25, 0.3) is 0 Å². The fourth-order valence-corrected chi connectivity index (χ4v) is 3.19. The normalized spacial score (nSPS) is 29.2. The van der Waals surface area contributed by atoms with E-state index in [1.807, 2.05) is 0 Å². The maximum atomic E-state index is 3.64. The van der Waals surface area contributed by atoms with Crippen LogP contribution in [0.25, 0.3) is 0 Å². The SMILES string of the molecule is BrCC1(CC2CCCC2)CC1. The summed E-state index contributed by atoms with van der Waals surface area (Å²) in [5.74, 6) is 1.09. The highest BCUT2D eigenvalue weighted by Crippen LogP contribution is 2.53. The van der Waals surface area contributed by atoms with Crippen molar-refractivity contribution in [3.05, 3.63) is 0 Å². The lowest BCUT2D eigenvalue weighted by molar-refractivity contribution is 0.388. The van der Waals surface area contributed by atoms with Gasteiger partial charge in [-0.05, 0) is 30.6 Å². The van der Waals surface area contributed by atoms with Gasteiger partial charge in [-0.1, -0.05) is 41.6 Å². The second kappa shape index (κ2) is 3.08. The van der Waals surface area contributed by atoms with Gasteiger partial charge in [0.05, 0.1) is 0 Å². The Hall–Kier alpha value is 0.480. The average Bonchev–Trinajstić information content (AvgIpc) is 2.59. The van der Waals surface area contributed by atoms with Crippen LogP contribution in [0.5, 0.6) is 0 Å². The number of hydrogen-bond acceptors (Lipinski definition) is 0. The van der Waals surface area contributed by atoms with Crippen LogP contribution in [-0.2, 0) is 0 Å². The number of hydrogen-bond donors (Lipinski definition) is 0. The number of rotatable bonds is 3. The van der Waals surface area contributed by atoms with Crippen molar-refractivity contribution in [2.75, 3.05) is 5.33 Å². The van der Waals surface area contributed by atoms with Gasteiger partial charge in [0.1, 0.15) is 0 Å². The van der Waals surface area contributed by atoms with E-state index < -0.39 is 0 Å². The summed E-state index contributed by atoms with van der Waals surface area (Å²) >= 11 is 3.64. The van der Waals surface area contributed by atoms with Gasteiger partial charge >= 0.3 is 0 Å². The summed E-state index contributed by atoms with van der Waals surface area (Å²) in [7, 11) is 0. The molecule has 1 heteroatoms. The number of halogens is 1. The summed E-state index contributed by atoms with van der Waals surface area (Å²) in [4.78, 5) is 0. The maximum Gasteiger partial charge on any atom is 0.00880 e. The van der Waals surface area contributed by atoms with Crippen LogP contribution in [0.1, 0.15) is 44.9 Å². The van der Waals surface area contributed by atoms with Crippen molar-refractivity contribution in [3.8, 4) is 0 Å². The summed E-state index contributed by atoms with van der Waals surface area (Å²) in [6.07, 6.45) is 10.6. The van der Waals surface area contributed by atoms with E-state index in [4.69, 9.17) is 0 Å². The minimum Gasteiger partial charge on any atom is -0.0922 e. The fraction of sp³-hybridized carbons (Fsp3) is 1.00. The molecule has 0 radical (unpaired) electrons. The summed E-state index contributed by atoms with van der Waals surface area (Å²) < 4.78 is 0. The van der Waals surface area contributed by atoms with E-state index in [-0.39, 0.29) is 0 Å². The first-order chi connectivity index (χ1) is 5.35. The Morgan fingerprint density at radius 1 is 1.18 bits per heavy atom. The van der Waals surface area contributed by atoms with E-state index in [9.17, 15) is 0 Å². The van der Waals surface area contributed by atoms with E-state index in [1.54, 1.807) is 0 Å². The molecule has 0 saturated heterocycles. The molecule has 0 spiro atoms. The van der Waals surface area contributed by atoms with Crippen molar-refractivity contribution in [2.45, 2.75) is 44.9 Å². The molecule has 0 N–H and O–H groups in total. The molecule has 2 aliphatic rings. The van der Waals surface area contributed by atoms with Crippen LogP contribution in [0, 0.1) is 11.3 Å². The number of alkyl halides is 1. The zero-order chi connectivity index (χ0) is 7.73. The lowest BCUT2D eigenvalue weighted by atomic mass is 9.92. The highest BCUT2D eigenvalue weighted by Gasteiger charge is 2.43. The summed E-state index contributed by atoms with van der Waals surface area (Å²) in [6.45, 7) is 0. The van der Waals surface area contributed by atoms with Crippen molar-refractivity contribution >= 4 is 15.9 Å². The standard InChI is InChI=1S/C10H17Br/c11-8-10(5-6-10)7-9-3-1-2-4-9/h9H,1-8H2. The van der Waals surface area contributed by atoms with Crippen molar-refractivity contribution < 1.29 is 0 Å². The van der Waals surface area contributed by atoms with Crippen LogP contribution in [0.15, 0.2) is 0 Å². The molecular weight excluding hydrogens is 200 g/mol. The molecule has 0 bridgehead atoms. The van der Waals surface area contributed by atoms with Crippen molar-refractivity contribution in [1.29, 1.82) is 0 Å². The molecule has 0 nitrogen and oxygen atoms in total. The largest absolute Gasteiger partial charge is 0.0922 e. The molecule has 0 aliphatic heterocycles. The van der Waals surface area contributed by atoms with Gasteiger partial charge in [0.2, 0.25) is 0 Å². The zero-order valence-electron chi connectivity index (χ0n) is 7.11. The topological polar surface area (TPSA) is 0 Å². The van der Waals surface area contributed by atoms with Gasteiger partial charge < -0.3 is 0 Å². The first-order valence-electron chi connectivity index (χ1n) is 4.91. The molecule has 0 aromatic rings. The Balaban J connectivity index is 1.80. The Morgan fingerprint density at radius 3 is 2.27 bits per heavy atom. The van der Waals surface area contributed by atoms with Crippen LogP contribution in [0.3, 0.4) is 0 Å². The summed E-state index contributed by atoms with van der Waals surface area (Å²) in [6, 6.07) is 0. The fourth-order valence-electron chi connectivity index (χ4n) is 2.40. The minimum absolute atomic E-state index is 0.773. The molecule has 2 aliphatic carbocycles. The van der Waals surface area contributed by atoms with E-state index >= 15 is 0 Å². The third kappa shape index (κ3) is 1.80. The first-order valence-corrected chi connectivity index (χ1v) is 6.03. The van der Waals surface area contributed by atoms with Crippen molar-refractivity contribution in [3.63, 3.8) is 0 Å². The van der Waals surface area contributed by atoms with Crippen LogP contribution in [0.2, 0.25) is 0 Å². The molecule has 2 fully saturated rings. The Labute approximate surface area is 77.9 Å². The van der Waals surface area contributed by atoms with Crippen molar-refractivity contribution in [2.24, 2.45) is 11.3 Å². The van der Waals surface area contributed by atoms with E-state index in [1.165, 1.54) is 50.3 Å². The molecule has 0 aromatic carbocycles. The second-order valence-electron chi connectivity index (χ2n) is 4.49. The van der Waals surface area contributed by atoms with Crippen LogP contribution < -0.4 is 0 Å². The quantitative estimate of drug-likeness (QED) is 0.631. The van der Waals surface area contributed by atoms with Gasteiger partial charge in [-0.25, -0.2) is 0 Å². The van der Waals surface area contributed by atoms with Gasteiger partial charge in [-0.15, -0.1) is 0 Å². The van der Waals surface area contributed by atoms with Crippen LogP contribution in [0.4, 0.5) is 0 Å². The molecule has 2 saturated carbocycles. The third-order valence-electron chi connectivity index (χ3n) is 3.44. The van der Waals surface area contributed by atoms with Gasteiger partial charge in [-0.2, -0.15) is 0 Å². The Bertz CT molecular complexity index is 132. The predicted octanol–water partition coefficient (Wildman–Crippen LogP) is 3.74. The lowest BCUT2D eigenvalue weighted by Gasteiger charge is -2.16. The monoisotopic (exact) mass is 216 g/mol. The molecule has 0 unspecified atom stereocenters. The molecule has 0 heterocycles. The smallest absolute Gasteiger partial charge is 0.00880 e. The molecule has 64 valence electrons. The predicted molar refractivity (Wildman–Crippen MR) is 52.0 cm³/mol. The molecule has 0 atom stereocenters. The Kier molecular flexibility index (Phi) is 2.27. The van der Waals surface area contributed by atoms with Gasteiger partial charge in [0, 0.05) is 5.33 Å². The van der Waals surface area contributed by atoms with E-state index in [0.29, 0.717) is 0 Å². The van der Waals surface area contributed by atoms with Gasteiger partial charge in [-0.3, -0.25) is 0 Å². The summed E-state index contributed by atoms with van der Waals surface area (Å²) in [5, 5.41) is 1.26. The van der Waals surface area contributed by atoms with E-state index in [2.05, 4.69) is 15.9 Å². The van der Waals surface area contributed by atoms with Crippen LogP contribution in [-0.4, -0.2) is 5.33 Å². The highest BCUT2D eigenvalue weighted by molar-refractivity contribution is 9.09. The molecule has 0 aromatic heterocycles. The summed E-state index contributed by atoms with van der Waals surface area (Å²) in [5.41, 5.74) is 0.773. The van der Waals surface area contributed by atoms with E-state index in [0.717, 1.165) is 11.3 Å². The molecule has 2 rings (SSSR count). The molecule has 0 amide bonds. The molecule has 11 heavy (non-hydrogen) atoms. The van der Waals surface area contributed by atoms with Crippen molar-refractivity contribution in [1.82, 2.24) is 0 Å². The maximum absolute atomic E-state index is 3.64. The minimum atomic E-state index is 0.773. The first kappa shape index (κ1) is 8.10. The third-order valence-corrected chi connectivity index (χ3v) is 4.63.